The number of halogens is 3. The largest absolute Gasteiger partial charge is 0.497 e. The van der Waals surface area contributed by atoms with E-state index in [1.54, 1.807) is 30.3 Å². The molecule has 3 rings (SSSR count). The Morgan fingerprint density at radius 3 is 2.30 bits per heavy atom. The number of rotatable bonds is 5. The fourth-order valence-corrected chi connectivity index (χ4v) is 2.39. The number of nitrogens with zero attached hydrogens (tertiary/aromatic N) is 2. The van der Waals surface area contributed by atoms with Crippen LogP contribution in [0.1, 0.15) is 11.1 Å². The monoisotopic (exact) mass is 374 g/mol. The van der Waals surface area contributed by atoms with Crippen LogP contribution in [-0.4, -0.2) is 17.1 Å². The average molecular weight is 374 g/mol. The molecule has 0 aliphatic rings. The molecule has 2 N–H and O–H groups in total. The number of benzene rings is 2. The third kappa shape index (κ3) is 4.46. The lowest BCUT2D eigenvalue weighted by Crippen LogP contribution is -2.12. The van der Waals surface area contributed by atoms with Crippen molar-refractivity contribution in [3.8, 4) is 5.75 Å². The van der Waals surface area contributed by atoms with Gasteiger partial charge in [-0.25, -0.2) is 4.98 Å². The third-order valence-electron chi connectivity index (χ3n) is 3.84. The van der Waals surface area contributed by atoms with Gasteiger partial charge < -0.3 is 15.4 Å². The molecule has 0 saturated heterocycles. The first-order chi connectivity index (χ1) is 12.9. The van der Waals surface area contributed by atoms with Crippen molar-refractivity contribution in [2.45, 2.75) is 13.1 Å². The van der Waals surface area contributed by atoms with Crippen LogP contribution in [0.4, 0.5) is 36.3 Å². The topological polar surface area (TPSA) is 59.1 Å². The van der Waals surface area contributed by atoms with Gasteiger partial charge in [0, 0.05) is 17.6 Å². The minimum atomic E-state index is -4.59. The lowest BCUT2D eigenvalue weighted by molar-refractivity contribution is -0.137. The van der Waals surface area contributed by atoms with Crippen LogP contribution in [0.2, 0.25) is 0 Å². The van der Waals surface area contributed by atoms with Gasteiger partial charge in [0.05, 0.1) is 7.11 Å². The number of ether oxygens (including phenoxy) is 1. The Morgan fingerprint density at radius 1 is 0.963 bits per heavy atom. The summed E-state index contributed by atoms with van der Waals surface area (Å²) in [5, 5.41) is 5.65. The van der Waals surface area contributed by atoms with Gasteiger partial charge >= 0.3 is 6.18 Å². The summed E-state index contributed by atoms with van der Waals surface area (Å²) in [6.07, 6.45) is -3.82. The molecule has 27 heavy (non-hydrogen) atoms. The lowest BCUT2D eigenvalue weighted by Gasteiger charge is -2.15. The fourth-order valence-electron chi connectivity index (χ4n) is 2.39. The van der Waals surface area contributed by atoms with Gasteiger partial charge in [-0.15, -0.1) is 0 Å². The van der Waals surface area contributed by atoms with E-state index in [-0.39, 0.29) is 11.8 Å². The molecule has 0 radical (unpaired) electrons. The van der Waals surface area contributed by atoms with Gasteiger partial charge in [-0.1, -0.05) is 18.2 Å². The zero-order valence-electron chi connectivity index (χ0n) is 14.6. The molecule has 1 heterocycles. The predicted molar refractivity (Wildman–Crippen MR) is 97.8 cm³/mol. The van der Waals surface area contributed by atoms with E-state index in [0.29, 0.717) is 17.1 Å². The first kappa shape index (κ1) is 18.5. The second-order valence-corrected chi connectivity index (χ2v) is 5.75. The summed E-state index contributed by atoms with van der Waals surface area (Å²) >= 11 is 0. The standard InChI is InChI=1S/C19H17F3N4O/c1-12-5-3-4-6-16(12)25-18-23-11-15(19(20,21)22)17(26-18)24-13-7-9-14(27-2)10-8-13/h3-11H,1-2H3,(H2,23,24,25,26). The first-order valence-corrected chi connectivity index (χ1v) is 8.05. The minimum absolute atomic E-state index is 0.0633. The number of methoxy groups -OCH3 is 1. The van der Waals surface area contributed by atoms with Crippen LogP contribution < -0.4 is 15.4 Å². The van der Waals surface area contributed by atoms with Crippen molar-refractivity contribution in [2.24, 2.45) is 0 Å². The van der Waals surface area contributed by atoms with Crippen molar-refractivity contribution < 1.29 is 17.9 Å². The maximum Gasteiger partial charge on any atom is 0.421 e. The Morgan fingerprint density at radius 2 is 1.67 bits per heavy atom. The minimum Gasteiger partial charge on any atom is -0.497 e. The number of anilines is 4. The Balaban J connectivity index is 1.94. The third-order valence-corrected chi connectivity index (χ3v) is 3.84. The van der Waals surface area contributed by atoms with E-state index in [1.807, 2.05) is 25.1 Å². The summed E-state index contributed by atoms with van der Waals surface area (Å²) in [5.41, 5.74) is 1.13. The molecule has 0 fully saturated rings. The van der Waals surface area contributed by atoms with E-state index in [0.717, 1.165) is 11.8 Å². The summed E-state index contributed by atoms with van der Waals surface area (Å²) in [5.74, 6) is 0.327. The predicted octanol–water partition coefficient (Wildman–Crippen LogP) is 5.30. The second-order valence-electron chi connectivity index (χ2n) is 5.75. The van der Waals surface area contributed by atoms with Crippen molar-refractivity contribution in [3.05, 3.63) is 65.9 Å². The summed E-state index contributed by atoms with van der Waals surface area (Å²) in [7, 11) is 1.51. The molecule has 5 nitrogen and oxygen atoms in total. The number of hydrogen-bond acceptors (Lipinski definition) is 5. The molecule has 0 atom stereocenters. The quantitative estimate of drug-likeness (QED) is 0.635. The van der Waals surface area contributed by atoms with E-state index < -0.39 is 11.7 Å². The maximum atomic E-state index is 13.3. The molecule has 140 valence electrons. The average Bonchev–Trinajstić information content (AvgIpc) is 2.63. The van der Waals surface area contributed by atoms with E-state index in [2.05, 4.69) is 20.6 Å². The fraction of sp³-hybridized carbons (Fsp3) is 0.158. The van der Waals surface area contributed by atoms with Crippen molar-refractivity contribution in [1.82, 2.24) is 9.97 Å². The molecule has 3 aromatic rings. The van der Waals surface area contributed by atoms with Gasteiger partial charge in [0.25, 0.3) is 0 Å². The molecular weight excluding hydrogens is 357 g/mol. The molecule has 0 aliphatic carbocycles. The molecule has 1 aromatic heterocycles. The zero-order chi connectivity index (χ0) is 19.4. The summed E-state index contributed by atoms with van der Waals surface area (Å²) in [6.45, 7) is 1.88. The highest BCUT2D eigenvalue weighted by Crippen LogP contribution is 2.35. The highest BCUT2D eigenvalue weighted by Gasteiger charge is 2.35. The van der Waals surface area contributed by atoms with Gasteiger partial charge in [0.2, 0.25) is 5.95 Å². The first-order valence-electron chi connectivity index (χ1n) is 8.05. The molecule has 0 bridgehead atoms. The van der Waals surface area contributed by atoms with E-state index in [4.69, 9.17) is 4.74 Å². The molecule has 0 amide bonds. The molecule has 0 saturated carbocycles. The van der Waals surface area contributed by atoms with Crippen molar-refractivity contribution >= 4 is 23.1 Å². The van der Waals surface area contributed by atoms with Crippen LogP contribution >= 0.6 is 0 Å². The van der Waals surface area contributed by atoms with Gasteiger partial charge in [-0.05, 0) is 42.8 Å². The number of aryl methyl sites for hydroxylation is 1. The zero-order valence-corrected chi connectivity index (χ0v) is 14.6. The summed E-state index contributed by atoms with van der Waals surface area (Å²) in [4.78, 5) is 7.84. The van der Waals surface area contributed by atoms with Crippen molar-refractivity contribution in [2.75, 3.05) is 17.7 Å². The molecule has 0 unspecified atom stereocenters. The Kier molecular flexibility index (Phi) is 5.16. The van der Waals surface area contributed by atoms with Crippen LogP contribution in [0, 0.1) is 6.92 Å². The molecule has 2 aromatic carbocycles. The Labute approximate surface area is 154 Å². The Bertz CT molecular complexity index is 927. The normalized spacial score (nSPS) is 11.1. The van der Waals surface area contributed by atoms with E-state index in [9.17, 15) is 13.2 Å². The van der Waals surface area contributed by atoms with Crippen LogP contribution in [0.15, 0.2) is 54.7 Å². The lowest BCUT2D eigenvalue weighted by atomic mass is 10.2. The SMILES string of the molecule is COc1ccc(Nc2nc(Nc3ccccc3C)ncc2C(F)(F)F)cc1. The van der Waals surface area contributed by atoms with E-state index >= 15 is 0 Å². The molecule has 0 spiro atoms. The van der Waals surface area contributed by atoms with Gasteiger partial charge in [-0.3, -0.25) is 0 Å². The van der Waals surface area contributed by atoms with Crippen LogP contribution in [0.25, 0.3) is 0 Å². The molecule has 8 heteroatoms. The summed E-state index contributed by atoms with van der Waals surface area (Å²) in [6, 6.07) is 13.9. The second kappa shape index (κ2) is 7.53. The van der Waals surface area contributed by atoms with Gasteiger partial charge in [-0.2, -0.15) is 18.2 Å². The van der Waals surface area contributed by atoms with Gasteiger partial charge in [0.15, 0.2) is 0 Å². The van der Waals surface area contributed by atoms with Crippen molar-refractivity contribution in [3.63, 3.8) is 0 Å². The Hall–Kier alpha value is -3.29. The highest BCUT2D eigenvalue weighted by molar-refractivity contribution is 5.64. The number of hydrogen-bond donors (Lipinski definition) is 2. The van der Waals surface area contributed by atoms with Crippen LogP contribution in [0.3, 0.4) is 0 Å². The molecule has 0 aliphatic heterocycles. The highest BCUT2D eigenvalue weighted by atomic mass is 19.4. The van der Waals surface area contributed by atoms with Crippen LogP contribution in [0.5, 0.6) is 5.75 Å². The number of nitrogens with one attached hydrogen (secondary N) is 2. The molecular formula is C19H17F3N4O. The number of aromatic nitrogens is 2. The number of alkyl halides is 3. The number of para-hydroxylation sites is 1. The summed E-state index contributed by atoms with van der Waals surface area (Å²) < 4.78 is 45.0. The van der Waals surface area contributed by atoms with Crippen molar-refractivity contribution in [1.29, 1.82) is 0 Å². The van der Waals surface area contributed by atoms with E-state index in [1.165, 1.54) is 7.11 Å². The van der Waals surface area contributed by atoms with Gasteiger partial charge in [0.1, 0.15) is 17.1 Å². The smallest absolute Gasteiger partial charge is 0.421 e. The maximum absolute atomic E-state index is 13.3. The van der Waals surface area contributed by atoms with Crippen LogP contribution in [-0.2, 0) is 6.18 Å².